The minimum Gasteiger partial charge on any atom is -0.339 e. The van der Waals surface area contributed by atoms with Gasteiger partial charge in [0.25, 0.3) is 5.69 Å². The van der Waals surface area contributed by atoms with Gasteiger partial charge in [-0.15, -0.1) is 0 Å². The second-order valence-corrected chi connectivity index (χ2v) is 10.5. The lowest BCUT2D eigenvalue weighted by Gasteiger charge is -2.28. The number of carbonyl (C=O) groups is 1. The number of thiocarbonyl (C=S) groups is 1. The van der Waals surface area contributed by atoms with Crippen LogP contribution in [-0.4, -0.2) is 25.9 Å². The first-order valence-electron chi connectivity index (χ1n) is 10.0. The highest BCUT2D eigenvalue weighted by molar-refractivity contribution is 7.80. The summed E-state index contributed by atoms with van der Waals surface area (Å²) in [5.41, 5.74) is 2.98. The Balaban J connectivity index is 1.62. The molecule has 1 unspecified atom stereocenters. The SMILES string of the molecule is O=C(Cc1ccc(-c2ccccc2)cc1)NC(NC(=S)Nc1ccc([N+](=O)[O-])cc1Cl)C(Cl)(Cl)Cl. The van der Waals surface area contributed by atoms with Crippen LogP contribution in [0.3, 0.4) is 0 Å². The van der Waals surface area contributed by atoms with Crippen LogP contribution >= 0.6 is 58.6 Å². The second kappa shape index (κ2) is 11.9. The molecule has 1 atom stereocenters. The van der Waals surface area contributed by atoms with Crippen LogP contribution in [0, 0.1) is 10.1 Å². The molecular formula is C23H18Cl4N4O3S. The van der Waals surface area contributed by atoms with Gasteiger partial charge in [-0.1, -0.05) is 101 Å². The summed E-state index contributed by atoms with van der Waals surface area (Å²) in [6.45, 7) is 0. The lowest BCUT2D eigenvalue weighted by atomic mass is 10.0. The summed E-state index contributed by atoms with van der Waals surface area (Å²) in [7, 11) is 0. The number of rotatable bonds is 7. The van der Waals surface area contributed by atoms with E-state index in [0.29, 0.717) is 5.69 Å². The molecule has 0 saturated carbocycles. The maximum atomic E-state index is 12.6. The van der Waals surface area contributed by atoms with Crippen molar-refractivity contribution in [3.05, 3.63) is 93.5 Å². The van der Waals surface area contributed by atoms with Crippen LogP contribution in [0.2, 0.25) is 5.02 Å². The quantitative estimate of drug-likeness (QED) is 0.102. The van der Waals surface area contributed by atoms with E-state index in [1.807, 2.05) is 54.6 Å². The van der Waals surface area contributed by atoms with E-state index in [1.165, 1.54) is 18.2 Å². The van der Waals surface area contributed by atoms with Crippen LogP contribution in [0.25, 0.3) is 11.1 Å². The number of nitrogens with one attached hydrogen (secondary N) is 3. The number of benzene rings is 3. The van der Waals surface area contributed by atoms with Gasteiger partial charge < -0.3 is 16.0 Å². The summed E-state index contributed by atoms with van der Waals surface area (Å²) >= 11 is 29.4. The Hall–Kier alpha value is -2.62. The van der Waals surface area contributed by atoms with Crippen molar-refractivity contribution in [3.8, 4) is 11.1 Å². The number of amides is 1. The lowest BCUT2D eigenvalue weighted by molar-refractivity contribution is -0.384. The minimum absolute atomic E-state index is 0.0235. The smallest absolute Gasteiger partial charge is 0.271 e. The zero-order chi connectivity index (χ0) is 25.6. The molecule has 3 aromatic carbocycles. The van der Waals surface area contributed by atoms with Gasteiger partial charge in [-0.3, -0.25) is 14.9 Å². The summed E-state index contributed by atoms with van der Waals surface area (Å²) < 4.78 is -1.95. The van der Waals surface area contributed by atoms with E-state index in [2.05, 4.69) is 16.0 Å². The molecular weight excluding hydrogens is 554 g/mol. The van der Waals surface area contributed by atoms with Gasteiger partial charge >= 0.3 is 0 Å². The molecule has 0 aromatic heterocycles. The first-order valence-corrected chi connectivity index (χ1v) is 12.0. The largest absolute Gasteiger partial charge is 0.339 e. The van der Waals surface area contributed by atoms with Crippen LogP contribution in [0.4, 0.5) is 11.4 Å². The molecule has 3 aromatic rings. The first-order chi connectivity index (χ1) is 16.5. The fourth-order valence-corrected chi connectivity index (χ4v) is 3.83. The van der Waals surface area contributed by atoms with Gasteiger partial charge in [-0.25, -0.2) is 0 Å². The highest BCUT2D eigenvalue weighted by Gasteiger charge is 2.34. The van der Waals surface area contributed by atoms with Crippen LogP contribution in [-0.2, 0) is 11.2 Å². The Morgan fingerprint density at radius 1 is 0.971 bits per heavy atom. The average molecular weight is 572 g/mol. The van der Waals surface area contributed by atoms with Gasteiger partial charge in [0.15, 0.2) is 5.11 Å². The molecule has 0 saturated heterocycles. The molecule has 0 aliphatic carbocycles. The predicted molar refractivity (Wildman–Crippen MR) is 145 cm³/mol. The number of hydrogen-bond acceptors (Lipinski definition) is 4. The predicted octanol–water partition coefficient (Wildman–Crippen LogP) is 6.26. The lowest BCUT2D eigenvalue weighted by Crippen LogP contribution is -2.56. The van der Waals surface area contributed by atoms with E-state index in [4.69, 9.17) is 58.6 Å². The van der Waals surface area contributed by atoms with Crippen LogP contribution in [0.5, 0.6) is 0 Å². The Morgan fingerprint density at radius 3 is 2.17 bits per heavy atom. The van der Waals surface area contributed by atoms with E-state index < -0.39 is 20.8 Å². The number of halogens is 4. The molecule has 35 heavy (non-hydrogen) atoms. The molecule has 0 spiro atoms. The number of carbonyl (C=O) groups excluding carboxylic acids is 1. The zero-order valence-electron chi connectivity index (χ0n) is 17.8. The average Bonchev–Trinajstić information content (AvgIpc) is 2.80. The van der Waals surface area contributed by atoms with Gasteiger partial charge in [-0.05, 0) is 35.0 Å². The van der Waals surface area contributed by atoms with Crippen LogP contribution < -0.4 is 16.0 Å². The molecule has 12 heteroatoms. The molecule has 0 bridgehead atoms. The maximum absolute atomic E-state index is 12.6. The number of non-ortho nitro benzene ring substituents is 1. The molecule has 3 N–H and O–H groups in total. The van der Waals surface area contributed by atoms with Crippen LogP contribution in [0.1, 0.15) is 5.56 Å². The van der Waals surface area contributed by atoms with E-state index in [9.17, 15) is 14.9 Å². The number of nitro benzene ring substituents is 1. The van der Waals surface area contributed by atoms with Gasteiger partial charge in [0.1, 0.15) is 6.17 Å². The van der Waals surface area contributed by atoms with Gasteiger partial charge in [0.2, 0.25) is 9.70 Å². The van der Waals surface area contributed by atoms with Crippen molar-refractivity contribution < 1.29 is 9.72 Å². The third kappa shape index (κ3) is 7.95. The molecule has 182 valence electrons. The third-order valence-corrected chi connectivity index (χ3v) is 5.93. The van der Waals surface area contributed by atoms with E-state index in [-0.39, 0.29) is 22.2 Å². The molecule has 0 aliphatic heterocycles. The Morgan fingerprint density at radius 2 is 1.60 bits per heavy atom. The topological polar surface area (TPSA) is 96.3 Å². The Bertz CT molecular complexity index is 1220. The fourth-order valence-electron chi connectivity index (χ4n) is 3.05. The summed E-state index contributed by atoms with van der Waals surface area (Å²) in [5, 5.41) is 19.0. The van der Waals surface area contributed by atoms with E-state index >= 15 is 0 Å². The van der Waals surface area contributed by atoms with Crippen molar-refractivity contribution in [2.24, 2.45) is 0 Å². The standard InChI is InChI=1S/C23H18Cl4N4O3S/c24-18-13-17(31(33)34)10-11-19(18)28-22(35)30-21(23(25,26)27)29-20(32)12-14-6-8-16(9-7-14)15-4-2-1-3-5-15/h1-11,13,21H,12H2,(H,29,32)(H2,28,30,35). The molecule has 0 heterocycles. The van der Waals surface area contributed by atoms with Crippen molar-refractivity contribution >= 4 is 81.0 Å². The summed E-state index contributed by atoms with van der Waals surface area (Å²) in [4.78, 5) is 22.9. The van der Waals surface area contributed by atoms with Gasteiger partial charge in [-0.2, -0.15) is 0 Å². The molecule has 0 radical (unpaired) electrons. The minimum atomic E-state index is -1.95. The maximum Gasteiger partial charge on any atom is 0.271 e. The summed E-state index contributed by atoms with van der Waals surface area (Å²) in [5.74, 6) is -0.405. The Kier molecular flexibility index (Phi) is 9.15. The molecule has 7 nitrogen and oxygen atoms in total. The molecule has 0 fully saturated rings. The highest BCUT2D eigenvalue weighted by atomic mass is 35.6. The molecule has 1 amide bonds. The second-order valence-electron chi connectivity index (χ2n) is 7.30. The van der Waals surface area contributed by atoms with Crippen molar-refractivity contribution in [1.29, 1.82) is 0 Å². The number of alkyl halides is 3. The first kappa shape index (κ1) is 27.0. The van der Waals surface area contributed by atoms with Crippen LogP contribution in [0.15, 0.2) is 72.8 Å². The van der Waals surface area contributed by atoms with Crippen molar-refractivity contribution in [3.63, 3.8) is 0 Å². The fraction of sp³-hybridized carbons (Fsp3) is 0.130. The Labute approximate surface area is 226 Å². The number of hydrogen-bond donors (Lipinski definition) is 3. The number of anilines is 1. The number of nitro groups is 1. The third-order valence-electron chi connectivity index (χ3n) is 4.75. The normalized spacial score (nSPS) is 11.9. The summed E-state index contributed by atoms with van der Waals surface area (Å²) in [6.07, 6.45) is -1.14. The van der Waals surface area contributed by atoms with Gasteiger partial charge in [0.05, 0.1) is 22.1 Å². The van der Waals surface area contributed by atoms with Crippen molar-refractivity contribution in [2.75, 3.05) is 5.32 Å². The summed E-state index contributed by atoms with van der Waals surface area (Å²) in [6, 6.07) is 21.2. The van der Waals surface area contributed by atoms with E-state index in [1.54, 1.807) is 0 Å². The highest BCUT2D eigenvalue weighted by Crippen LogP contribution is 2.30. The van der Waals surface area contributed by atoms with E-state index in [0.717, 1.165) is 16.7 Å². The van der Waals surface area contributed by atoms with Crippen molar-refractivity contribution in [2.45, 2.75) is 16.4 Å². The monoisotopic (exact) mass is 570 g/mol. The molecule has 3 rings (SSSR count). The van der Waals surface area contributed by atoms with Crippen molar-refractivity contribution in [1.82, 2.24) is 10.6 Å². The molecule has 0 aliphatic rings. The van der Waals surface area contributed by atoms with Gasteiger partial charge in [0, 0.05) is 12.1 Å². The number of nitrogens with zero attached hydrogens (tertiary/aromatic N) is 1. The zero-order valence-corrected chi connectivity index (χ0v) is 21.6.